The molecule has 0 aliphatic carbocycles. The predicted octanol–water partition coefficient (Wildman–Crippen LogP) is 3.20. The molecule has 3 aromatic rings. The molecule has 0 radical (unpaired) electrons. The molecule has 0 unspecified atom stereocenters. The molecule has 0 aliphatic heterocycles. The Balaban J connectivity index is 1.59. The standard InChI is InChI=1S/C22H21N3O3/c1-28-20-10-4-6-16(12-20)13-21(26)25-18-9-5-7-17(14-18)22(27)24-15-19-8-2-3-11-23-19/h2-12,14H,13,15H2,1H3,(H,24,27)(H,25,26). The van der Waals surface area contributed by atoms with Crippen molar-refractivity contribution < 1.29 is 14.3 Å². The Bertz CT molecular complexity index is 958. The highest BCUT2D eigenvalue weighted by Crippen LogP contribution is 2.15. The summed E-state index contributed by atoms with van der Waals surface area (Å²) in [6, 6.07) is 19.7. The number of rotatable bonds is 7. The highest BCUT2D eigenvalue weighted by molar-refractivity contribution is 5.97. The van der Waals surface area contributed by atoms with Gasteiger partial charge in [0.05, 0.1) is 25.8 Å². The summed E-state index contributed by atoms with van der Waals surface area (Å²) >= 11 is 0. The molecule has 0 saturated carbocycles. The SMILES string of the molecule is COc1cccc(CC(=O)Nc2cccc(C(=O)NCc3ccccn3)c2)c1. The molecular weight excluding hydrogens is 354 g/mol. The number of ether oxygens (including phenoxy) is 1. The molecule has 6 nitrogen and oxygen atoms in total. The Morgan fingerprint density at radius 1 is 1.00 bits per heavy atom. The minimum absolute atomic E-state index is 0.167. The highest BCUT2D eigenvalue weighted by atomic mass is 16.5. The molecule has 0 spiro atoms. The molecule has 2 aromatic carbocycles. The number of nitrogens with zero attached hydrogens (tertiary/aromatic N) is 1. The van der Waals surface area contributed by atoms with Crippen LogP contribution in [0.3, 0.4) is 0 Å². The van der Waals surface area contributed by atoms with Gasteiger partial charge in [0.1, 0.15) is 5.75 Å². The zero-order valence-electron chi connectivity index (χ0n) is 15.5. The average Bonchev–Trinajstić information content (AvgIpc) is 2.73. The van der Waals surface area contributed by atoms with Crippen LogP contribution in [0, 0.1) is 0 Å². The van der Waals surface area contributed by atoms with Gasteiger partial charge in [-0.3, -0.25) is 14.6 Å². The zero-order valence-corrected chi connectivity index (χ0v) is 15.5. The highest BCUT2D eigenvalue weighted by Gasteiger charge is 2.09. The van der Waals surface area contributed by atoms with Crippen LogP contribution in [-0.2, 0) is 17.8 Å². The Hall–Kier alpha value is -3.67. The molecule has 142 valence electrons. The first kappa shape index (κ1) is 19.1. The van der Waals surface area contributed by atoms with Gasteiger partial charge in [0.15, 0.2) is 0 Å². The third-order valence-electron chi connectivity index (χ3n) is 4.06. The van der Waals surface area contributed by atoms with E-state index in [9.17, 15) is 9.59 Å². The summed E-state index contributed by atoms with van der Waals surface area (Å²) in [4.78, 5) is 28.8. The Labute approximate surface area is 163 Å². The maximum Gasteiger partial charge on any atom is 0.251 e. The fourth-order valence-electron chi connectivity index (χ4n) is 2.69. The second-order valence-electron chi connectivity index (χ2n) is 6.16. The monoisotopic (exact) mass is 375 g/mol. The summed E-state index contributed by atoms with van der Waals surface area (Å²) in [6.45, 7) is 0.339. The maximum absolute atomic E-state index is 12.4. The second kappa shape index (κ2) is 9.32. The van der Waals surface area contributed by atoms with Crippen LogP contribution < -0.4 is 15.4 Å². The lowest BCUT2D eigenvalue weighted by Gasteiger charge is -2.09. The summed E-state index contributed by atoms with van der Waals surface area (Å²) in [5.74, 6) is 0.311. The molecule has 0 atom stereocenters. The van der Waals surface area contributed by atoms with E-state index in [4.69, 9.17) is 4.74 Å². The van der Waals surface area contributed by atoms with Gasteiger partial charge in [-0.2, -0.15) is 0 Å². The van der Waals surface area contributed by atoms with Crippen LogP contribution >= 0.6 is 0 Å². The number of nitrogens with one attached hydrogen (secondary N) is 2. The van der Waals surface area contributed by atoms with Crippen molar-refractivity contribution in [2.24, 2.45) is 0 Å². The lowest BCUT2D eigenvalue weighted by atomic mass is 10.1. The summed E-state index contributed by atoms with van der Waals surface area (Å²) in [7, 11) is 1.59. The number of pyridine rings is 1. The first-order valence-corrected chi connectivity index (χ1v) is 8.85. The van der Waals surface area contributed by atoms with Crippen molar-refractivity contribution in [2.75, 3.05) is 12.4 Å². The first-order chi connectivity index (χ1) is 13.6. The molecule has 0 saturated heterocycles. The number of hydrogen-bond donors (Lipinski definition) is 2. The minimum atomic E-state index is -0.227. The number of aromatic nitrogens is 1. The van der Waals surface area contributed by atoms with E-state index in [0.29, 0.717) is 23.5 Å². The van der Waals surface area contributed by atoms with Gasteiger partial charge in [-0.1, -0.05) is 24.3 Å². The van der Waals surface area contributed by atoms with E-state index in [1.165, 1.54) is 0 Å². The average molecular weight is 375 g/mol. The lowest BCUT2D eigenvalue weighted by Crippen LogP contribution is -2.23. The summed E-state index contributed by atoms with van der Waals surface area (Å²) in [5.41, 5.74) is 2.66. The number of carbonyl (C=O) groups excluding carboxylic acids is 2. The van der Waals surface area contributed by atoms with Crippen molar-refractivity contribution in [3.05, 3.63) is 89.7 Å². The van der Waals surface area contributed by atoms with Crippen LogP contribution in [0.25, 0.3) is 0 Å². The summed E-state index contributed by atoms with van der Waals surface area (Å²) in [6.07, 6.45) is 1.90. The fourth-order valence-corrected chi connectivity index (χ4v) is 2.69. The fraction of sp³-hybridized carbons (Fsp3) is 0.136. The Morgan fingerprint density at radius 3 is 2.64 bits per heavy atom. The Kier molecular flexibility index (Phi) is 6.36. The molecule has 1 aromatic heterocycles. The lowest BCUT2D eigenvalue weighted by molar-refractivity contribution is -0.115. The molecule has 0 aliphatic rings. The van der Waals surface area contributed by atoms with Crippen LogP contribution in [0.2, 0.25) is 0 Å². The van der Waals surface area contributed by atoms with Gasteiger partial charge in [-0.25, -0.2) is 0 Å². The molecule has 3 rings (SSSR count). The van der Waals surface area contributed by atoms with E-state index in [0.717, 1.165) is 11.3 Å². The van der Waals surface area contributed by atoms with E-state index in [1.54, 1.807) is 37.6 Å². The van der Waals surface area contributed by atoms with Crippen LogP contribution in [-0.4, -0.2) is 23.9 Å². The number of amides is 2. The van der Waals surface area contributed by atoms with Crippen LogP contribution in [0.1, 0.15) is 21.6 Å². The molecule has 2 N–H and O–H groups in total. The quantitative estimate of drug-likeness (QED) is 0.665. The third-order valence-corrected chi connectivity index (χ3v) is 4.06. The van der Waals surface area contributed by atoms with E-state index in [-0.39, 0.29) is 18.2 Å². The van der Waals surface area contributed by atoms with Crippen molar-refractivity contribution in [3.63, 3.8) is 0 Å². The normalized spacial score (nSPS) is 10.2. The number of benzene rings is 2. The van der Waals surface area contributed by atoms with Crippen molar-refractivity contribution >= 4 is 17.5 Å². The van der Waals surface area contributed by atoms with Crippen molar-refractivity contribution in [1.82, 2.24) is 10.3 Å². The van der Waals surface area contributed by atoms with Gasteiger partial charge >= 0.3 is 0 Å². The van der Waals surface area contributed by atoms with E-state index in [2.05, 4.69) is 15.6 Å². The van der Waals surface area contributed by atoms with Crippen molar-refractivity contribution in [3.8, 4) is 5.75 Å². The van der Waals surface area contributed by atoms with E-state index < -0.39 is 0 Å². The van der Waals surface area contributed by atoms with Gasteiger partial charge in [-0.15, -0.1) is 0 Å². The predicted molar refractivity (Wildman–Crippen MR) is 107 cm³/mol. The van der Waals surface area contributed by atoms with Crippen molar-refractivity contribution in [1.29, 1.82) is 0 Å². The van der Waals surface area contributed by atoms with Gasteiger partial charge in [-0.05, 0) is 48.0 Å². The molecule has 0 bridgehead atoms. The largest absolute Gasteiger partial charge is 0.497 e. The molecule has 28 heavy (non-hydrogen) atoms. The van der Waals surface area contributed by atoms with Gasteiger partial charge in [0, 0.05) is 17.4 Å². The number of methoxy groups -OCH3 is 1. The van der Waals surface area contributed by atoms with Crippen molar-refractivity contribution in [2.45, 2.75) is 13.0 Å². The molecule has 0 fully saturated rings. The van der Waals surface area contributed by atoms with E-state index in [1.807, 2.05) is 42.5 Å². The summed E-state index contributed by atoms with van der Waals surface area (Å²) < 4.78 is 5.17. The molecule has 1 heterocycles. The van der Waals surface area contributed by atoms with Gasteiger partial charge < -0.3 is 15.4 Å². The minimum Gasteiger partial charge on any atom is -0.497 e. The second-order valence-corrected chi connectivity index (χ2v) is 6.16. The van der Waals surface area contributed by atoms with Crippen LogP contribution in [0.4, 0.5) is 5.69 Å². The number of carbonyl (C=O) groups is 2. The molecular formula is C22H21N3O3. The number of hydrogen-bond acceptors (Lipinski definition) is 4. The maximum atomic E-state index is 12.4. The van der Waals surface area contributed by atoms with Crippen LogP contribution in [0.15, 0.2) is 72.9 Å². The van der Waals surface area contributed by atoms with Crippen LogP contribution in [0.5, 0.6) is 5.75 Å². The number of anilines is 1. The Morgan fingerprint density at radius 2 is 1.86 bits per heavy atom. The van der Waals surface area contributed by atoms with Gasteiger partial charge in [0.25, 0.3) is 5.91 Å². The smallest absolute Gasteiger partial charge is 0.251 e. The van der Waals surface area contributed by atoms with E-state index >= 15 is 0 Å². The topological polar surface area (TPSA) is 80.3 Å². The third kappa shape index (κ3) is 5.41. The first-order valence-electron chi connectivity index (χ1n) is 8.85. The molecule has 2 amide bonds. The zero-order chi connectivity index (χ0) is 19.8. The molecule has 6 heteroatoms. The summed E-state index contributed by atoms with van der Waals surface area (Å²) in [5, 5.41) is 5.65. The van der Waals surface area contributed by atoms with Gasteiger partial charge in [0.2, 0.25) is 5.91 Å².